The van der Waals surface area contributed by atoms with E-state index in [1.807, 2.05) is 14.0 Å². The molecule has 5 atom stereocenters. The summed E-state index contributed by atoms with van der Waals surface area (Å²) in [5.74, 6) is 1.60. The summed E-state index contributed by atoms with van der Waals surface area (Å²) in [7, 11) is 1.90. The van der Waals surface area contributed by atoms with E-state index < -0.39 is 0 Å². The molecular formula is C15H31NO2. The predicted octanol–water partition coefficient (Wildman–Crippen LogP) is 2.58. The smallest absolute Gasteiger partial charge is 0.0611 e. The van der Waals surface area contributed by atoms with Crippen LogP contribution in [0.4, 0.5) is 0 Å². The molecule has 1 saturated carbocycles. The maximum absolute atomic E-state index is 9.40. The third-order valence-electron chi connectivity index (χ3n) is 4.67. The Labute approximate surface area is 112 Å². The van der Waals surface area contributed by atoms with E-state index in [2.05, 4.69) is 26.1 Å². The molecule has 0 saturated heterocycles. The summed E-state index contributed by atoms with van der Waals surface area (Å²) in [6, 6.07) is 0. The van der Waals surface area contributed by atoms with Crippen LogP contribution in [0.15, 0.2) is 0 Å². The van der Waals surface area contributed by atoms with Crippen molar-refractivity contribution in [3.8, 4) is 0 Å². The number of ether oxygens (including phenoxy) is 1. The van der Waals surface area contributed by atoms with E-state index >= 15 is 0 Å². The van der Waals surface area contributed by atoms with Crippen molar-refractivity contribution in [3.05, 3.63) is 0 Å². The van der Waals surface area contributed by atoms with E-state index in [1.165, 1.54) is 19.3 Å². The molecule has 18 heavy (non-hydrogen) atoms. The zero-order valence-corrected chi connectivity index (χ0v) is 12.7. The van der Waals surface area contributed by atoms with Crippen molar-refractivity contribution < 1.29 is 9.84 Å². The third kappa shape index (κ3) is 4.52. The van der Waals surface area contributed by atoms with Crippen LogP contribution in [0.1, 0.15) is 53.4 Å². The number of nitrogens with one attached hydrogen (secondary N) is 1. The van der Waals surface area contributed by atoms with Crippen molar-refractivity contribution in [2.45, 2.75) is 71.1 Å². The fraction of sp³-hybridized carbons (Fsp3) is 1.00. The largest absolute Gasteiger partial charge is 0.394 e. The zero-order chi connectivity index (χ0) is 13.8. The fourth-order valence-electron chi connectivity index (χ4n) is 2.88. The lowest BCUT2D eigenvalue weighted by Crippen LogP contribution is -2.46. The molecule has 0 aromatic heterocycles. The van der Waals surface area contributed by atoms with Crippen LogP contribution in [0, 0.1) is 11.8 Å². The van der Waals surface area contributed by atoms with E-state index in [0.29, 0.717) is 6.10 Å². The maximum Gasteiger partial charge on any atom is 0.0611 e. The van der Waals surface area contributed by atoms with E-state index in [0.717, 1.165) is 18.3 Å². The van der Waals surface area contributed by atoms with Gasteiger partial charge in [-0.15, -0.1) is 0 Å². The normalized spacial score (nSPS) is 34.0. The molecule has 1 fully saturated rings. The van der Waals surface area contributed by atoms with Gasteiger partial charge in [0.2, 0.25) is 0 Å². The summed E-state index contributed by atoms with van der Waals surface area (Å²) < 4.78 is 6.16. The van der Waals surface area contributed by atoms with Gasteiger partial charge in [-0.1, -0.05) is 13.8 Å². The Kier molecular flexibility index (Phi) is 6.09. The zero-order valence-electron chi connectivity index (χ0n) is 12.7. The van der Waals surface area contributed by atoms with Gasteiger partial charge in [-0.25, -0.2) is 0 Å². The van der Waals surface area contributed by atoms with Gasteiger partial charge in [-0.05, 0) is 58.4 Å². The van der Waals surface area contributed by atoms with Crippen LogP contribution in [-0.4, -0.2) is 36.5 Å². The van der Waals surface area contributed by atoms with Crippen molar-refractivity contribution in [1.82, 2.24) is 5.32 Å². The van der Waals surface area contributed by atoms with E-state index in [4.69, 9.17) is 4.74 Å². The van der Waals surface area contributed by atoms with Gasteiger partial charge in [0.15, 0.2) is 0 Å². The van der Waals surface area contributed by atoms with Crippen LogP contribution in [0.5, 0.6) is 0 Å². The molecule has 0 aromatic rings. The Morgan fingerprint density at radius 2 is 2.00 bits per heavy atom. The van der Waals surface area contributed by atoms with Crippen LogP contribution >= 0.6 is 0 Å². The van der Waals surface area contributed by atoms with Crippen LogP contribution in [0.3, 0.4) is 0 Å². The molecule has 0 aromatic carbocycles. The van der Waals surface area contributed by atoms with Gasteiger partial charge in [0, 0.05) is 5.54 Å². The molecule has 1 rings (SSSR count). The molecule has 5 unspecified atom stereocenters. The molecule has 0 radical (unpaired) electrons. The molecule has 0 aliphatic heterocycles. The molecule has 3 heteroatoms. The first-order valence-corrected chi connectivity index (χ1v) is 7.35. The Bertz CT molecular complexity index is 241. The number of rotatable bonds is 6. The molecule has 0 heterocycles. The molecular weight excluding hydrogens is 226 g/mol. The van der Waals surface area contributed by atoms with Gasteiger partial charge < -0.3 is 15.2 Å². The van der Waals surface area contributed by atoms with Crippen molar-refractivity contribution in [2.75, 3.05) is 13.7 Å². The highest BCUT2D eigenvalue weighted by Crippen LogP contribution is 2.32. The fourth-order valence-corrected chi connectivity index (χ4v) is 2.88. The summed E-state index contributed by atoms with van der Waals surface area (Å²) in [5, 5.41) is 12.6. The SMILES string of the molecule is CNC(C)(CO)CC(C)OC1CCC(C)C(C)C1. The Balaban J connectivity index is 2.38. The van der Waals surface area contributed by atoms with Crippen molar-refractivity contribution in [2.24, 2.45) is 11.8 Å². The Morgan fingerprint density at radius 1 is 1.33 bits per heavy atom. The van der Waals surface area contributed by atoms with Crippen molar-refractivity contribution >= 4 is 0 Å². The summed E-state index contributed by atoms with van der Waals surface area (Å²) >= 11 is 0. The summed E-state index contributed by atoms with van der Waals surface area (Å²) in [5.41, 5.74) is -0.229. The highest BCUT2D eigenvalue weighted by Gasteiger charge is 2.29. The van der Waals surface area contributed by atoms with Crippen molar-refractivity contribution in [1.29, 1.82) is 0 Å². The minimum absolute atomic E-state index is 0.148. The van der Waals surface area contributed by atoms with Crippen LogP contribution < -0.4 is 5.32 Å². The lowest BCUT2D eigenvalue weighted by molar-refractivity contribution is -0.0540. The number of hydrogen-bond donors (Lipinski definition) is 2. The molecule has 1 aliphatic carbocycles. The second-order valence-corrected chi connectivity index (χ2v) is 6.51. The average molecular weight is 257 g/mol. The first-order chi connectivity index (χ1) is 8.40. The van der Waals surface area contributed by atoms with Crippen molar-refractivity contribution in [3.63, 3.8) is 0 Å². The molecule has 0 bridgehead atoms. The lowest BCUT2D eigenvalue weighted by atomic mass is 9.80. The maximum atomic E-state index is 9.40. The van der Waals surface area contributed by atoms with Gasteiger partial charge in [0.1, 0.15) is 0 Å². The number of likely N-dealkylation sites (N-methyl/N-ethyl adjacent to an activating group) is 1. The Morgan fingerprint density at radius 3 is 2.50 bits per heavy atom. The first-order valence-electron chi connectivity index (χ1n) is 7.35. The van der Waals surface area contributed by atoms with E-state index in [1.54, 1.807) is 0 Å². The van der Waals surface area contributed by atoms with Gasteiger partial charge in [-0.3, -0.25) is 0 Å². The molecule has 3 nitrogen and oxygen atoms in total. The van der Waals surface area contributed by atoms with E-state index in [-0.39, 0.29) is 18.2 Å². The number of hydrogen-bond acceptors (Lipinski definition) is 3. The van der Waals surface area contributed by atoms with Gasteiger partial charge in [-0.2, -0.15) is 0 Å². The molecule has 2 N–H and O–H groups in total. The third-order valence-corrected chi connectivity index (χ3v) is 4.67. The summed E-state index contributed by atoms with van der Waals surface area (Å²) in [6.07, 6.45) is 5.10. The topological polar surface area (TPSA) is 41.5 Å². The standard InChI is InChI=1S/C15H31NO2/c1-11-6-7-14(8-12(11)2)18-13(3)9-15(4,10-17)16-5/h11-14,16-17H,6-10H2,1-5H3. The Hall–Kier alpha value is -0.120. The lowest BCUT2D eigenvalue weighted by Gasteiger charge is -2.36. The summed E-state index contributed by atoms with van der Waals surface area (Å²) in [6.45, 7) is 8.98. The average Bonchev–Trinajstić information content (AvgIpc) is 2.33. The highest BCUT2D eigenvalue weighted by atomic mass is 16.5. The van der Waals surface area contributed by atoms with Crippen LogP contribution in [0.2, 0.25) is 0 Å². The molecule has 108 valence electrons. The highest BCUT2D eigenvalue weighted by molar-refractivity contribution is 4.84. The number of aliphatic hydroxyl groups excluding tert-OH is 1. The molecule has 0 spiro atoms. The second-order valence-electron chi connectivity index (χ2n) is 6.51. The predicted molar refractivity (Wildman–Crippen MR) is 75.7 cm³/mol. The monoisotopic (exact) mass is 257 g/mol. The molecule has 0 amide bonds. The van der Waals surface area contributed by atoms with Gasteiger partial charge in [0.25, 0.3) is 0 Å². The minimum atomic E-state index is -0.229. The summed E-state index contributed by atoms with van der Waals surface area (Å²) in [4.78, 5) is 0. The number of aliphatic hydroxyl groups is 1. The van der Waals surface area contributed by atoms with Gasteiger partial charge in [0.05, 0.1) is 18.8 Å². The van der Waals surface area contributed by atoms with Gasteiger partial charge >= 0.3 is 0 Å². The first kappa shape index (κ1) is 15.9. The minimum Gasteiger partial charge on any atom is -0.394 e. The quantitative estimate of drug-likeness (QED) is 0.768. The second kappa shape index (κ2) is 6.88. The molecule has 1 aliphatic rings. The van der Waals surface area contributed by atoms with Crippen LogP contribution in [0.25, 0.3) is 0 Å². The van der Waals surface area contributed by atoms with Crippen LogP contribution in [-0.2, 0) is 4.74 Å². The van der Waals surface area contributed by atoms with E-state index in [9.17, 15) is 5.11 Å².